The summed E-state index contributed by atoms with van der Waals surface area (Å²) in [6.45, 7) is 4.80. The second-order valence-electron chi connectivity index (χ2n) is 7.38. The quantitative estimate of drug-likeness (QED) is 0.664. The Morgan fingerprint density at radius 2 is 1.84 bits per heavy atom. The molecule has 0 aliphatic carbocycles. The number of anilines is 1. The third kappa shape index (κ3) is 5.31. The minimum atomic E-state index is -3.62. The lowest BCUT2D eigenvalue weighted by molar-refractivity contribution is -0.120. The molecule has 1 aliphatic heterocycles. The molecule has 1 amide bonds. The number of ether oxygens (including phenoxy) is 2. The lowest BCUT2D eigenvalue weighted by atomic mass is 9.97. The van der Waals surface area contributed by atoms with Gasteiger partial charge in [0.15, 0.2) is 0 Å². The Hall–Kier alpha value is -2.29. The van der Waals surface area contributed by atoms with Crippen molar-refractivity contribution in [1.29, 1.82) is 0 Å². The number of carbonyl (C=O) groups excluding carboxylic acids is 1. The van der Waals surface area contributed by atoms with E-state index in [1.807, 2.05) is 13.8 Å². The van der Waals surface area contributed by atoms with Crippen molar-refractivity contribution in [3.8, 4) is 11.5 Å². The van der Waals surface area contributed by atoms with Crippen LogP contribution in [-0.4, -0.2) is 45.4 Å². The fourth-order valence-electron chi connectivity index (χ4n) is 3.60. The summed E-state index contributed by atoms with van der Waals surface area (Å²) >= 11 is 6.11. The first-order valence-electron chi connectivity index (χ1n) is 10.1. The number of benzene rings is 2. The lowest BCUT2D eigenvalue weighted by Crippen LogP contribution is -2.41. The third-order valence-electron chi connectivity index (χ3n) is 5.33. The standard InChI is InChI=1S/C22H27ClN2O5S/c1-4-30-20-8-6-18(13-15(20)2)31(27,28)25-11-9-16(10-12-25)22(26)24-17-5-7-21(29-3)19(23)14-17/h5-8,13-14,16H,4,9-12H2,1-3H3,(H,24,26). The van der Waals surface area contributed by atoms with E-state index in [1.165, 1.54) is 11.4 Å². The number of carbonyl (C=O) groups is 1. The Labute approximate surface area is 188 Å². The first-order valence-corrected chi connectivity index (χ1v) is 12.0. The summed E-state index contributed by atoms with van der Waals surface area (Å²) < 4.78 is 38.1. The number of aryl methyl sites for hydroxylation is 1. The Morgan fingerprint density at radius 3 is 2.42 bits per heavy atom. The van der Waals surface area contributed by atoms with Crippen LogP contribution in [0.25, 0.3) is 0 Å². The van der Waals surface area contributed by atoms with Crippen LogP contribution >= 0.6 is 11.6 Å². The first kappa shape index (κ1) is 23.4. The average molecular weight is 467 g/mol. The summed E-state index contributed by atoms with van der Waals surface area (Å²) in [5.41, 5.74) is 1.35. The monoisotopic (exact) mass is 466 g/mol. The Morgan fingerprint density at radius 1 is 1.16 bits per heavy atom. The van der Waals surface area contributed by atoms with Crippen molar-refractivity contribution in [3.63, 3.8) is 0 Å². The topological polar surface area (TPSA) is 84.9 Å². The van der Waals surface area contributed by atoms with E-state index in [2.05, 4.69) is 5.32 Å². The zero-order valence-electron chi connectivity index (χ0n) is 17.9. The molecule has 0 spiro atoms. The van der Waals surface area contributed by atoms with Crippen molar-refractivity contribution in [2.45, 2.75) is 31.6 Å². The van der Waals surface area contributed by atoms with E-state index < -0.39 is 10.0 Å². The van der Waals surface area contributed by atoms with Crippen molar-refractivity contribution < 1.29 is 22.7 Å². The van der Waals surface area contributed by atoms with Gasteiger partial charge >= 0.3 is 0 Å². The van der Waals surface area contributed by atoms with E-state index in [1.54, 1.807) is 36.4 Å². The SMILES string of the molecule is CCOc1ccc(S(=O)(=O)N2CCC(C(=O)Nc3ccc(OC)c(Cl)c3)CC2)cc1C. The molecule has 0 unspecified atom stereocenters. The normalized spacial score (nSPS) is 15.5. The van der Waals surface area contributed by atoms with Crippen LogP contribution in [0, 0.1) is 12.8 Å². The van der Waals surface area contributed by atoms with Gasteiger partial charge in [-0.1, -0.05) is 11.6 Å². The molecule has 2 aromatic rings. The van der Waals surface area contributed by atoms with Crippen LogP contribution in [0.4, 0.5) is 5.69 Å². The molecule has 0 atom stereocenters. The van der Waals surface area contributed by atoms with E-state index in [4.69, 9.17) is 21.1 Å². The van der Waals surface area contributed by atoms with Gasteiger partial charge in [0.05, 0.1) is 23.6 Å². The van der Waals surface area contributed by atoms with Crippen molar-refractivity contribution in [2.75, 3.05) is 32.1 Å². The lowest BCUT2D eigenvalue weighted by Gasteiger charge is -2.30. The maximum Gasteiger partial charge on any atom is 0.243 e. The molecule has 0 radical (unpaired) electrons. The number of hydrogen-bond acceptors (Lipinski definition) is 5. The Bertz CT molecular complexity index is 1050. The number of nitrogens with zero attached hydrogens (tertiary/aromatic N) is 1. The summed E-state index contributed by atoms with van der Waals surface area (Å²) in [6.07, 6.45) is 0.899. The molecule has 31 heavy (non-hydrogen) atoms. The smallest absolute Gasteiger partial charge is 0.243 e. The number of hydrogen-bond donors (Lipinski definition) is 1. The fourth-order valence-corrected chi connectivity index (χ4v) is 5.41. The minimum absolute atomic E-state index is 0.143. The molecular formula is C22H27ClN2O5S. The predicted molar refractivity (Wildman–Crippen MR) is 120 cm³/mol. The van der Waals surface area contributed by atoms with Gasteiger partial charge in [0.2, 0.25) is 15.9 Å². The molecule has 1 heterocycles. The highest BCUT2D eigenvalue weighted by atomic mass is 35.5. The molecule has 7 nitrogen and oxygen atoms in total. The van der Waals surface area contributed by atoms with E-state index in [0.717, 1.165) is 5.56 Å². The number of piperidine rings is 1. The first-order chi connectivity index (χ1) is 14.8. The van der Waals surface area contributed by atoms with Crippen molar-refractivity contribution >= 4 is 33.2 Å². The molecular weight excluding hydrogens is 440 g/mol. The van der Waals surface area contributed by atoms with Gasteiger partial charge in [-0.15, -0.1) is 0 Å². The highest BCUT2D eigenvalue weighted by Crippen LogP contribution is 2.30. The van der Waals surface area contributed by atoms with Crippen LogP contribution in [0.2, 0.25) is 5.02 Å². The molecule has 0 aromatic heterocycles. The van der Waals surface area contributed by atoms with Crippen LogP contribution in [0.3, 0.4) is 0 Å². The second-order valence-corrected chi connectivity index (χ2v) is 9.72. The molecule has 3 rings (SSSR count). The van der Waals surface area contributed by atoms with Crippen molar-refractivity contribution in [2.24, 2.45) is 5.92 Å². The Kier molecular flexibility index (Phi) is 7.46. The molecule has 1 aliphatic rings. The number of sulfonamides is 1. The molecule has 9 heteroatoms. The Balaban J connectivity index is 1.62. The van der Waals surface area contributed by atoms with Gasteiger partial charge in [0, 0.05) is 24.7 Å². The number of rotatable bonds is 7. The van der Waals surface area contributed by atoms with Gasteiger partial charge in [-0.05, 0) is 68.7 Å². The van der Waals surface area contributed by atoms with Gasteiger partial charge in [-0.2, -0.15) is 4.31 Å². The maximum absolute atomic E-state index is 13.0. The largest absolute Gasteiger partial charge is 0.495 e. The molecule has 1 fully saturated rings. The number of nitrogens with one attached hydrogen (secondary N) is 1. The van der Waals surface area contributed by atoms with Crippen LogP contribution in [-0.2, 0) is 14.8 Å². The number of halogens is 1. The molecule has 2 aromatic carbocycles. The molecule has 0 saturated carbocycles. The summed E-state index contributed by atoms with van der Waals surface area (Å²) in [4.78, 5) is 12.9. The summed E-state index contributed by atoms with van der Waals surface area (Å²) in [5.74, 6) is 0.794. The van der Waals surface area contributed by atoms with Crippen LogP contribution in [0.5, 0.6) is 11.5 Å². The molecule has 168 valence electrons. The van der Waals surface area contributed by atoms with Gasteiger partial charge in [-0.25, -0.2) is 8.42 Å². The molecule has 0 bridgehead atoms. The zero-order valence-corrected chi connectivity index (χ0v) is 19.4. The van der Waals surface area contributed by atoms with Gasteiger partial charge in [0.1, 0.15) is 11.5 Å². The molecule has 1 saturated heterocycles. The number of amides is 1. The number of methoxy groups -OCH3 is 1. The van der Waals surface area contributed by atoms with Crippen molar-refractivity contribution in [1.82, 2.24) is 4.31 Å². The van der Waals surface area contributed by atoms with Crippen molar-refractivity contribution in [3.05, 3.63) is 47.0 Å². The minimum Gasteiger partial charge on any atom is -0.495 e. The average Bonchev–Trinajstić information content (AvgIpc) is 2.75. The van der Waals surface area contributed by atoms with Crippen LogP contribution in [0.15, 0.2) is 41.3 Å². The van der Waals surface area contributed by atoms with Crippen LogP contribution < -0.4 is 14.8 Å². The van der Waals surface area contributed by atoms with E-state index in [9.17, 15) is 13.2 Å². The van der Waals surface area contributed by atoms with Gasteiger partial charge < -0.3 is 14.8 Å². The highest BCUT2D eigenvalue weighted by molar-refractivity contribution is 7.89. The van der Waals surface area contributed by atoms with E-state index >= 15 is 0 Å². The van der Waals surface area contributed by atoms with Gasteiger partial charge in [0.25, 0.3) is 0 Å². The summed E-state index contributed by atoms with van der Waals surface area (Å²) in [6, 6.07) is 9.92. The third-order valence-corrected chi connectivity index (χ3v) is 7.52. The van der Waals surface area contributed by atoms with E-state index in [-0.39, 0.29) is 29.8 Å². The van der Waals surface area contributed by atoms with Gasteiger partial charge in [-0.3, -0.25) is 4.79 Å². The highest BCUT2D eigenvalue weighted by Gasteiger charge is 2.32. The van der Waals surface area contributed by atoms with Crippen LogP contribution in [0.1, 0.15) is 25.3 Å². The predicted octanol–water partition coefficient (Wildman–Crippen LogP) is 4.10. The van der Waals surface area contributed by atoms with E-state index in [0.29, 0.717) is 41.7 Å². The fraction of sp³-hybridized carbons (Fsp3) is 0.409. The summed E-state index contributed by atoms with van der Waals surface area (Å²) in [7, 11) is -2.10. The maximum atomic E-state index is 13.0. The zero-order chi connectivity index (χ0) is 22.6. The molecule has 1 N–H and O–H groups in total. The second kappa shape index (κ2) is 9.89. The summed E-state index contributed by atoms with van der Waals surface area (Å²) in [5, 5.41) is 3.26.